The zero-order chi connectivity index (χ0) is 22.5. The van der Waals surface area contributed by atoms with Gasteiger partial charge in [0.25, 0.3) is 5.69 Å². The van der Waals surface area contributed by atoms with Crippen LogP contribution in [-0.2, 0) is 4.74 Å². The van der Waals surface area contributed by atoms with Crippen molar-refractivity contribution in [3.8, 4) is 11.1 Å². The van der Waals surface area contributed by atoms with E-state index < -0.39 is 11.0 Å². The van der Waals surface area contributed by atoms with Crippen molar-refractivity contribution in [2.24, 2.45) is 0 Å². The minimum absolute atomic E-state index is 0.000792. The molecule has 0 aromatic heterocycles. The van der Waals surface area contributed by atoms with Gasteiger partial charge in [0, 0.05) is 25.6 Å². The number of alkyl carbamates (subject to hydrolysis) is 1. The molecule has 0 unspecified atom stereocenters. The lowest BCUT2D eigenvalue weighted by molar-refractivity contribution is -0.383. The van der Waals surface area contributed by atoms with Gasteiger partial charge in [-0.1, -0.05) is 66.7 Å². The number of rotatable bonds is 7. The first kappa shape index (κ1) is 21.1. The summed E-state index contributed by atoms with van der Waals surface area (Å²) in [5.41, 5.74) is 5.80. The molecule has 0 fully saturated rings. The van der Waals surface area contributed by atoms with Crippen LogP contribution in [0.3, 0.4) is 0 Å². The summed E-state index contributed by atoms with van der Waals surface area (Å²) in [5, 5.41) is 16.6. The molecule has 32 heavy (non-hydrogen) atoms. The maximum atomic E-state index is 12.2. The van der Waals surface area contributed by atoms with Crippen molar-refractivity contribution in [3.05, 3.63) is 99.6 Å². The molecule has 1 aliphatic rings. The van der Waals surface area contributed by atoms with Crippen LogP contribution in [0, 0.1) is 10.1 Å². The molecule has 1 aliphatic carbocycles. The van der Waals surface area contributed by atoms with E-state index in [-0.39, 0.29) is 24.8 Å². The van der Waals surface area contributed by atoms with Crippen LogP contribution in [0.4, 0.5) is 16.2 Å². The number of amides is 1. The smallest absolute Gasteiger partial charge is 0.407 e. The largest absolute Gasteiger partial charge is 0.449 e. The highest BCUT2D eigenvalue weighted by Gasteiger charge is 2.28. The molecular formula is C25H23N3O4. The number of fused-ring (bicyclic) bond motifs is 3. The first-order chi connectivity index (χ1) is 15.6. The molecule has 0 atom stereocenters. The van der Waals surface area contributed by atoms with Gasteiger partial charge >= 0.3 is 6.09 Å². The summed E-state index contributed by atoms with van der Waals surface area (Å²) >= 11 is 0. The molecule has 7 nitrogen and oxygen atoms in total. The molecule has 0 saturated heterocycles. The van der Waals surface area contributed by atoms with E-state index in [4.69, 9.17) is 4.74 Å². The summed E-state index contributed by atoms with van der Waals surface area (Å²) in [5.74, 6) is 0.00920. The first-order valence-electron chi connectivity index (χ1n) is 10.3. The summed E-state index contributed by atoms with van der Waals surface area (Å²) in [4.78, 5) is 22.9. The molecule has 0 radical (unpaired) electrons. The van der Waals surface area contributed by atoms with Crippen molar-refractivity contribution in [2.75, 3.05) is 25.5 Å². The van der Waals surface area contributed by atoms with Crippen molar-refractivity contribution >= 4 is 23.5 Å². The lowest BCUT2D eigenvalue weighted by atomic mass is 9.98. The highest BCUT2D eigenvalue weighted by atomic mass is 16.6. The number of nitrogens with zero attached hydrogens (tertiary/aromatic N) is 1. The Bertz CT molecular complexity index is 1140. The maximum Gasteiger partial charge on any atom is 0.407 e. The van der Waals surface area contributed by atoms with Crippen molar-refractivity contribution in [1.82, 2.24) is 5.32 Å². The fourth-order valence-corrected chi connectivity index (χ4v) is 4.00. The normalized spacial score (nSPS) is 12.3. The van der Waals surface area contributed by atoms with Crippen molar-refractivity contribution in [2.45, 2.75) is 5.92 Å². The topological polar surface area (TPSA) is 93.5 Å². The second-order valence-electron chi connectivity index (χ2n) is 7.39. The Morgan fingerprint density at radius 2 is 1.72 bits per heavy atom. The number of nitro groups is 1. The SMILES string of the molecule is CNc1ccc(C=CCNC(=O)OCC2c3ccccc3-c3ccccc32)cc1[N+](=O)[O-]. The highest BCUT2D eigenvalue weighted by molar-refractivity contribution is 5.79. The average molecular weight is 429 g/mol. The molecule has 0 bridgehead atoms. The van der Waals surface area contributed by atoms with Crippen LogP contribution in [0.15, 0.2) is 72.8 Å². The highest BCUT2D eigenvalue weighted by Crippen LogP contribution is 2.44. The Balaban J connectivity index is 1.33. The van der Waals surface area contributed by atoms with E-state index in [9.17, 15) is 14.9 Å². The van der Waals surface area contributed by atoms with Gasteiger partial charge in [-0.25, -0.2) is 4.79 Å². The third-order valence-corrected chi connectivity index (χ3v) is 5.51. The fraction of sp³-hybridized carbons (Fsp3) is 0.160. The fourth-order valence-electron chi connectivity index (χ4n) is 4.00. The van der Waals surface area contributed by atoms with Crippen LogP contribution in [0.1, 0.15) is 22.6 Å². The minimum atomic E-state index is -0.506. The molecule has 0 saturated carbocycles. The molecule has 7 heteroatoms. The van der Waals surface area contributed by atoms with Gasteiger partial charge in [-0.3, -0.25) is 10.1 Å². The summed E-state index contributed by atoms with van der Waals surface area (Å²) < 4.78 is 5.49. The third-order valence-electron chi connectivity index (χ3n) is 5.51. The quantitative estimate of drug-likeness (QED) is 0.398. The van der Waals surface area contributed by atoms with E-state index in [0.29, 0.717) is 11.3 Å². The van der Waals surface area contributed by atoms with E-state index in [1.807, 2.05) is 24.3 Å². The molecule has 0 heterocycles. The number of hydrogen-bond donors (Lipinski definition) is 2. The number of nitrogens with one attached hydrogen (secondary N) is 2. The molecular weight excluding hydrogens is 406 g/mol. The van der Waals surface area contributed by atoms with Gasteiger partial charge < -0.3 is 15.4 Å². The number of carbonyl (C=O) groups is 1. The van der Waals surface area contributed by atoms with Gasteiger partial charge in [-0.05, 0) is 33.9 Å². The molecule has 3 aromatic carbocycles. The average Bonchev–Trinajstić information content (AvgIpc) is 3.14. The standard InChI is InChI=1S/C25H23N3O4/c1-26-23-13-12-17(15-24(23)28(30)31)7-6-14-27-25(29)32-16-22-20-10-4-2-8-18(20)19-9-3-5-11-21(19)22/h2-13,15,22,26H,14,16H2,1H3,(H,27,29). The van der Waals surface area contributed by atoms with Crippen molar-refractivity contribution in [1.29, 1.82) is 0 Å². The summed E-state index contributed by atoms with van der Waals surface area (Å²) in [6.07, 6.45) is 2.93. The molecule has 0 spiro atoms. The molecule has 1 amide bonds. The van der Waals surface area contributed by atoms with E-state index in [1.165, 1.54) is 17.2 Å². The Morgan fingerprint density at radius 3 is 2.34 bits per heavy atom. The van der Waals surface area contributed by atoms with Crippen LogP contribution in [0.5, 0.6) is 0 Å². The number of ether oxygens (including phenoxy) is 1. The predicted octanol–water partition coefficient (Wildman–Crippen LogP) is 5.19. The molecule has 0 aliphatic heterocycles. The number of carbonyl (C=O) groups excluding carboxylic acids is 1. The van der Waals surface area contributed by atoms with Crippen LogP contribution in [0.25, 0.3) is 17.2 Å². The van der Waals surface area contributed by atoms with Crippen LogP contribution in [0.2, 0.25) is 0 Å². The van der Waals surface area contributed by atoms with Gasteiger partial charge in [0.05, 0.1) is 4.92 Å². The van der Waals surface area contributed by atoms with Gasteiger partial charge in [-0.15, -0.1) is 0 Å². The van der Waals surface area contributed by atoms with Gasteiger partial charge in [0.2, 0.25) is 0 Å². The zero-order valence-corrected chi connectivity index (χ0v) is 17.6. The van der Waals surface area contributed by atoms with E-state index in [1.54, 1.807) is 31.3 Å². The molecule has 3 aromatic rings. The number of anilines is 1. The number of nitro benzene ring substituents is 1. The van der Waals surface area contributed by atoms with E-state index >= 15 is 0 Å². The van der Waals surface area contributed by atoms with Crippen LogP contribution < -0.4 is 10.6 Å². The minimum Gasteiger partial charge on any atom is -0.449 e. The summed E-state index contributed by atoms with van der Waals surface area (Å²) in [6.45, 7) is 0.500. The molecule has 2 N–H and O–H groups in total. The second-order valence-corrected chi connectivity index (χ2v) is 7.39. The van der Waals surface area contributed by atoms with Crippen molar-refractivity contribution in [3.63, 3.8) is 0 Å². The van der Waals surface area contributed by atoms with Gasteiger partial charge in [-0.2, -0.15) is 0 Å². The second kappa shape index (κ2) is 9.34. The Labute approximate surface area is 185 Å². The monoisotopic (exact) mass is 429 g/mol. The first-order valence-corrected chi connectivity index (χ1v) is 10.3. The van der Waals surface area contributed by atoms with Crippen LogP contribution >= 0.6 is 0 Å². The lowest BCUT2D eigenvalue weighted by Gasteiger charge is -2.14. The third kappa shape index (κ3) is 4.32. The van der Waals surface area contributed by atoms with E-state index in [0.717, 1.165) is 11.1 Å². The predicted molar refractivity (Wildman–Crippen MR) is 125 cm³/mol. The lowest BCUT2D eigenvalue weighted by Crippen LogP contribution is -2.26. The number of benzene rings is 3. The maximum absolute atomic E-state index is 12.2. The Morgan fingerprint density at radius 1 is 1.06 bits per heavy atom. The number of hydrogen-bond acceptors (Lipinski definition) is 5. The van der Waals surface area contributed by atoms with Crippen molar-refractivity contribution < 1.29 is 14.5 Å². The summed E-state index contributed by atoms with van der Waals surface area (Å²) in [7, 11) is 1.64. The molecule has 162 valence electrons. The zero-order valence-electron chi connectivity index (χ0n) is 17.6. The molecule has 4 rings (SSSR count). The van der Waals surface area contributed by atoms with Gasteiger partial charge in [0.15, 0.2) is 0 Å². The van der Waals surface area contributed by atoms with Gasteiger partial charge in [0.1, 0.15) is 12.3 Å². The van der Waals surface area contributed by atoms with E-state index in [2.05, 4.69) is 34.9 Å². The Hall–Kier alpha value is -4.13. The Kier molecular flexibility index (Phi) is 6.17. The summed E-state index contributed by atoms with van der Waals surface area (Å²) in [6, 6.07) is 21.2. The van der Waals surface area contributed by atoms with Crippen LogP contribution in [-0.4, -0.2) is 31.2 Å².